The third kappa shape index (κ3) is 4.31. The van der Waals surface area contributed by atoms with Gasteiger partial charge < -0.3 is 9.47 Å². The van der Waals surface area contributed by atoms with E-state index in [1.54, 1.807) is 54.6 Å². The van der Waals surface area contributed by atoms with Gasteiger partial charge in [-0.05, 0) is 35.9 Å². The quantitative estimate of drug-likeness (QED) is 0.491. The van der Waals surface area contributed by atoms with Gasteiger partial charge in [0.2, 0.25) is 0 Å². The van der Waals surface area contributed by atoms with E-state index < -0.39 is 11.9 Å². The minimum atomic E-state index is -0.422. The standard InChI is InChI=1S/C17H14O4/c1-20-16(18)12-9-13-7-10-15(11-8-13)21-17(19)14-5-3-2-4-6-14/h2-12H,1H3. The second-order valence-electron chi connectivity index (χ2n) is 4.18. The normalized spacial score (nSPS) is 10.3. The van der Waals surface area contributed by atoms with Crippen molar-refractivity contribution in [1.29, 1.82) is 0 Å². The van der Waals surface area contributed by atoms with E-state index in [2.05, 4.69) is 4.74 Å². The van der Waals surface area contributed by atoms with Crippen LogP contribution in [0.25, 0.3) is 6.08 Å². The maximum absolute atomic E-state index is 11.9. The van der Waals surface area contributed by atoms with Gasteiger partial charge in [-0.3, -0.25) is 0 Å². The molecule has 0 spiro atoms. The van der Waals surface area contributed by atoms with Crippen molar-refractivity contribution in [3.8, 4) is 5.75 Å². The average molecular weight is 282 g/mol. The average Bonchev–Trinajstić information content (AvgIpc) is 2.54. The van der Waals surface area contributed by atoms with Crippen LogP contribution in [0.4, 0.5) is 0 Å². The van der Waals surface area contributed by atoms with Crippen LogP contribution in [-0.4, -0.2) is 19.0 Å². The van der Waals surface area contributed by atoms with Crippen LogP contribution in [0.3, 0.4) is 0 Å². The Labute approximate surface area is 122 Å². The van der Waals surface area contributed by atoms with E-state index in [-0.39, 0.29) is 0 Å². The van der Waals surface area contributed by atoms with Crippen molar-refractivity contribution in [2.24, 2.45) is 0 Å². The number of ether oxygens (including phenoxy) is 2. The Bertz CT molecular complexity index is 642. The lowest BCUT2D eigenvalue weighted by Gasteiger charge is -2.04. The molecular formula is C17H14O4. The second-order valence-corrected chi connectivity index (χ2v) is 4.18. The van der Waals surface area contributed by atoms with E-state index in [9.17, 15) is 9.59 Å². The van der Waals surface area contributed by atoms with Crippen LogP contribution in [0.5, 0.6) is 5.75 Å². The Hall–Kier alpha value is -2.88. The lowest BCUT2D eigenvalue weighted by molar-refractivity contribution is -0.134. The topological polar surface area (TPSA) is 52.6 Å². The largest absolute Gasteiger partial charge is 0.466 e. The van der Waals surface area contributed by atoms with Gasteiger partial charge in [-0.1, -0.05) is 30.3 Å². The van der Waals surface area contributed by atoms with Crippen molar-refractivity contribution < 1.29 is 19.1 Å². The highest BCUT2D eigenvalue weighted by Crippen LogP contribution is 2.15. The van der Waals surface area contributed by atoms with E-state index >= 15 is 0 Å². The van der Waals surface area contributed by atoms with Gasteiger partial charge in [-0.25, -0.2) is 9.59 Å². The number of esters is 2. The molecule has 0 fully saturated rings. The molecule has 0 radical (unpaired) electrons. The molecule has 0 aromatic heterocycles. The molecule has 0 aliphatic heterocycles. The molecule has 4 heteroatoms. The van der Waals surface area contributed by atoms with Gasteiger partial charge in [0, 0.05) is 6.08 Å². The number of carbonyl (C=O) groups excluding carboxylic acids is 2. The summed E-state index contributed by atoms with van der Waals surface area (Å²) >= 11 is 0. The summed E-state index contributed by atoms with van der Waals surface area (Å²) < 4.78 is 9.75. The van der Waals surface area contributed by atoms with Gasteiger partial charge in [-0.2, -0.15) is 0 Å². The van der Waals surface area contributed by atoms with Crippen molar-refractivity contribution in [3.63, 3.8) is 0 Å². The monoisotopic (exact) mass is 282 g/mol. The van der Waals surface area contributed by atoms with Crippen molar-refractivity contribution in [3.05, 3.63) is 71.8 Å². The van der Waals surface area contributed by atoms with Crippen LogP contribution in [0.2, 0.25) is 0 Å². The fraction of sp³-hybridized carbons (Fsp3) is 0.0588. The maximum atomic E-state index is 11.9. The Morgan fingerprint density at radius 1 is 0.952 bits per heavy atom. The molecule has 0 aliphatic rings. The third-order valence-electron chi connectivity index (χ3n) is 2.71. The van der Waals surface area contributed by atoms with Gasteiger partial charge in [-0.15, -0.1) is 0 Å². The summed E-state index contributed by atoms with van der Waals surface area (Å²) in [7, 11) is 1.32. The van der Waals surface area contributed by atoms with Crippen LogP contribution < -0.4 is 4.74 Å². The summed E-state index contributed by atoms with van der Waals surface area (Å²) in [6, 6.07) is 15.6. The fourth-order valence-electron chi connectivity index (χ4n) is 1.62. The highest BCUT2D eigenvalue weighted by molar-refractivity contribution is 5.91. The van der Waals surface area contributed by atoms with Gasteiger partial charge in [0.15, 0.2) is 0 Å². The first kappa shape index (κ1) is 14.5. The highest BCUT2D eigenvalue weighted by Gasteiger charge is 2.07. The zero-order valence-corrected chi connectivity index (χ0v) is 11.5. The van der Waals surface area contributed by atoms with Crippen LogP contribution in [0, 0.1) is 0 Å². The Morgan fingerprint density at radius 2 is 1.62 bits per heavy atom. The lowest BCUT2D eigenvalue weighted by Crippen LogP contribution is -2.07. The summed E-state index contributed by atoms with van der Waals surface area (Å²) in [6.45, 7) is 0. The number of benzene rings is 2. The van der Waals surface area contributed by atoms with E-state index in [1.165, 1.54) is 13.2 Å². The van der Waals surface area contributed by atoms with Crippen LogP contribution in [0.1, 0.15) is 15.9 Å². The molecule has 106 valence electrons. The van der Waals surface area contributed by atoms with Gasteiger partial charge >= 0.3 is 11.9 Å². The second kappa shape index (κ2) is 7.05. The smallest absolute Gasteiger partial charge is 0.343 e. The number of methoxy groups -OCH3 is 1. The van der Waals surface area contributed by atoms with E-state index in [0.717, 1.165) is 5.56 Å². The predicted molar refractivity (Wildman–Crippen MR) is 78.9 cm³/mol. The first-order chi connectivity index (χ1) is 10.2. The molecule has 0 bridgehead atoms. The Morgan fingerprint density at radius 3 is 2.24 bits per heavy atom. The number of hydrogen-bond acceptors (Lipinski definition) is 4. The molecule has 2 aromatic rings. The summed E-state index contributed by atoms with van der Waals surface area (Å²) in [6.07, 6.45) is 2.94. The fourth-order valence-corrected chi connectivity index (χ4v) is 1.62. The Balaban J connectivity index is 2.01. The first-order valence-electron chi connectivity index (χ1n) is 6.32. The summed E-state index contributed by atoms with van der Waals surface area (Å²) in [5.41, 5.74) is 1.30. The van der Waals surface area contributed by atoms with E-state index in [0.29, 0.717) is 11.3 Å². The van der Waals surface area contributed by atoms with Gasteiger partial charge in [0.25, 0.3) is 0 Å². The summed E-state index contributed by atoms with van der Waals surface area (Å²) in [5, 5.41) is 0. The minimum absolute atomic E-state index is 0.409. The van der Waals surface area contributed by atoms with Crippen LogP contribution in [-0.2, 0) is 9.53 Å². The predicted octanol–water partition coefficient (Wildman–Crippen LogP) is 3.09. The molecule has 0 aliphatic carbocycles. The molecule has 2 aromatic carbocycles. The highest BCUT2D eigenvalue weighted by atomic mass is 16.5. The summed E-state index contributed by atoms with van der Waals surface area (Å²) in [5.74, 6) is -0.387. The van der Waals surface area contributed by atoms with Gasteiger partial charge in [0.1, 0.15) is 5.75 Å². The maximum Gasteiger partial charge on any atom is 0.343 e. The van der Waals surface area contributed by atoms with Crippen molar-refractivity contribution in [1.82, 2.24) is 0 Å². The molecule has 0 heterocycles. The van der Waals surface area contributed by atoms with Gasteiger partial charge in [0.05, 0.1) is 12.7 Å². The van der Waals surface area contributed by atoms with Crippen molar-refractivity contribution in [2.75, 3.05) is 7.11 Å². The zero-order valence-electron chi connectivity index (χ0n) is 11.5. The molecule has 21 heavy (non-hydrogen) atoms. The first-order valence-corrected chi connectivity index (χ1v) is 6.32. The van der Waals surface area contributed by atoms with Crippen molar-refractivity contribution >= 4 is 18.0 Å². The minimum Gasteiger partial charge on any atom is -0.466 e. The SMILES string of the molecule is COC(=O)C=Cc1ccc(OC(=O)c2ccccc2)cc1. The van der Waals surface area contributed by atoms with Crippen molar-refractivity contribution in [2.45, 2.75) is 0 Å². The molecule has 0 N–H and O–H groups in total. The summed E-state index contributed by atoms with van der Waals surface area (Å²) in [4.78, 5) is 22.8. The Kier molecular flexibility index (Phi) is 4.88. The number of carbonyl (C=O) groups is 2. The molecule has 0 atom stereocenters. The third-order valence-corrected chi connectivity index (χ3v) is 2.71. The molecule has 0 unspecified atom stereocenters. The molecule has 0 amide bonds. The zero-order chi connectivity index (χ0) is 15.1. The molecule has 0 saturated heterocycles. The molecule has 0 saturated carbocycles. The lowest BCUT2D eigenvalue weighted by atomic mass is 10.2. The van der Waals surface area contributed by atoms with Crippen LogP contribution >= 0.6 is 0 Å². The molecule has 4 nitrogen and oxygen atoms in total. The van der Waals surface area contributed by atoms with Crippen LogP contribution in [0.15, 0.2) is 60.7 Å². The van der Waals surface area contributed by atoms with E-state index in [1.807, 2.05) is 6.07 Å². The molecule has 2 rings (SSSR count). The number of hydrogen-bond donors (Lipinski definition) is 0. The van der Waals surface area contributed by atoms with E-state index in [4.69, 9.17) is 4.74 Å². The number of rotatable bonds is 4. The molecular weight excluding hydrogens is 268 g/mol.